The third-order valence-electron chi connectivity index (χ3n) is 4.05. The van der Waals surface area contributed by atoms with E-state index in [1.54, 1.807) is 6.20 Å². The van der Waals surface area contributed by atoms with Gasteiger partial charge in [0.15, 0.2) is 0 Å². The van der Waals surface area contributed by atoms with Crippen LogP contribution in [-0.2, 0) is 4.79 Å². The molecule has 0 N–H and O–H groups in total. The van der Waals surface area contributed by atoms with Crippen molar-refractivity contribution in [3.63, 3.8) is 0 Å². The molecular weight excluding hydrogens is 216 g/mol. The first-order valence-corrected chi connectivity index (χ1v) is 6.36. The lowest BCUT2D eigenvalue weighted by Crippen LogP contribution is -2.44. The fourth-order valence-electron chi connectivity index (χ4n) is 3.33. The zero-order valence-electron chi connectivity index (χ0n) is 10.3. The van der Waals surface area contributed by atoms with Crippen LogP contribution in [0.4, 0.5) is 0 Å². The van der Waals surface area contributed by atoms with Crippen molar-refractivity contribution in [2.75, 3.05) is 0 Å². The van der Waals surface area contributed by atoms with Gasteiger partial charge in [-0.15, -0.1) is 0 Å². The second-order valence-electron chi connectivity index (χ2n) is 5.26. The Hall–Kier alpha value is -1.16. The maximum atomic E-state index is 11.6. The van der Waals surface area contributed by atoms with Gasteiger partial charge in [0.05, 0.1) is 12.2 Å². The van der Waals surface area contributed by atoms with E-state index in [9.17, 15) is 4.79 Å². The highest BCUT2D eigenvalue weighted by Gasteiger charge is 2.43. The van der Waals surface area contributed by atoms with Crippen LogP contribution in [0.15, 0.2) is 10.6 Å². The van der Waals surface area contributed by atoms with Crippen LogP contribution < -0.4 is 0 Å². The number of nitrogens with zero attached hydrogens (tertiary/aromatic N) is 2. The summed E-state index contributed by atoms with van der Waals surface area (Å²) in [5.74, 6) is 2.06. The third-order valence-corrected chi connectivity index (χ3v) is 4.05. The number of ketones is 1. The van der Waals surface area contributed by atoms with Gasteiger partial charge in [0.1, 0.15) is 11.5 Å². The normalized spacial score (nSPS) is 30.8. The fraction of sp³-hybridized carbons (Fsp3) is 0.692. The fourth-order valence-corrected chi connectivity index (χ4v) is 3.33. The summed E-state index contributed by atoms with van der Waals surface area (Å²) in [6, 6.07) is 1.00. The quantitative estimate of drug-likeness (QED) is 0.787. The van der Waals surface area contributed by atoms with Gasteiger partial charge in [-0.2, -0.15) is 0 Å². The Morgan fingerprint density at radius 1 is 1.41 bits per heavy atom. The molecule has 1 aromatic rings. The van der Waals surface area contributed by atoms with Crippen molar-refractivity contribution in [2.24, 2.45) is 0 Å². The van der Waals surface area contributed by atoms with Crippen molar-refractivity contribution in [1.82, 2.24) is 9.88 Å². The van der Waals surface area contributed by atoms with Crippen LogP contribution in [-0.4, -0.2) is 27.8 Å². The second kappa shape index (κ2) is 3.95. The Kier molecular flexibility index (Phi) is 2.54. The van der Waals surface area contributed by atoms with E-state index in [2.05, 4.69) is 16.8 Å². The number of carbonyl (C=O) groups excluding carboxylic acids is 1. The number of rotatable bonds is 2. The highest BCUT2D eigenvalue weighted by atomic mass is 16.4. The maximum absolute atomic E-state index is 11.6. The number of Topliss-reactive ketones (excluding diaryl/α,β-unsaturated/α-hetero) is 1. The summed E-state index contributed by atoms with van der Waals surface area (Å²) in [5.41, 5.74) is 0. The van der Waals surface area contributed by atoms with Crippen LogP contribution in [0.25, 0.3) is 0 Å². The predicted octanol–water partition coefficient (Wildman–Crippen LogP) is 2.24. The van der Waals surface area contributed by atoms with Gasteiger partial charge in [-0.3, -0.25) is 9.69 Å². The molecule has 2 saturated heterocycles. The molecule has 2 aliphatic heterocycles. The molecule has 0 aliphatic carbocycles. The van der Waals surface area contributed by atoms with Crippen molar-refractivity contribution >= 4 is 5.78 Å². The first kappa shape index (κ1) is 11.0. The smallest absolute Gasteiger partial charge is 0.211 e. The predicted molar refractivity (Wildman–Crippen MR) is 62.5 cm³/mol. The summed E-state index contributed by atoms with van der Waals surface area (Å²) >= 11 is 0. The van der Waals surface area contributed by atoms with E-state index < -0.39 is 0 Å². The van der Waals surface area contributed by atoms with Crippen LogP contribution in [0.2, 0.25) is 0 Å². The molecule has 0 spiro atoms. The lowest BCUT2D eigenvalue weighted by atomic mass is 9.99. The lowest BCUT2D eigenvalue weighted by molar-refractivity contribution is -0.124. The van der Waals surface area contributed by atoms with Crippen molar-refractivity contribution in [2.45, 2.75) is 57.7 Å². The van der Waals surface area contributed by atoms with Crippen LogP contribution in [0.3, 0.4) is 0 Å². The minimum absolute atomic E-state index is 0.189. The molecule has 3 atom stereocenters. The van der Waals surface area contributed by atoms with E-state index in [0.29, 0.717) is 30.7 Å². The second-order valence-corrected chi connectivity index (χ2v) is 5.26. The molecule has 3 heterocycles. The molecule has 2 bridgehead atoms. The summed E-state index contributed by atoms with van der Waals surface area (Å²) in [6.07, 6.45) is 5.46. The van der Waals surface area contributed by atoms with Crippen molar-refractivity contribution in [3.05, 3.63) is 17.8 Å². The van der Waals surface area contributed by atoms with Gasteiger partial charge >= 0.3 is 0 Å². The topological polar surface area (TPSA) is 46.3 Å². The zero-order valence-corrected chi connectivity index (χ0v) is 10.3. The van der Waals surface area contributed by atoms with Crippen LogP contribution in [0.5, 0.6) is 0 Å². The summed E-state index contributed by atoms with van der Waals surface area (Å²) in [4.78, 5) is 18.3. The molecule has 0 saturated carbocycles. The van der Waals surface area contributed by atoms with E-state index >= 15 is 0 Å². The van der Waals surface area contributed by atoms with E-state index in [4.69, 9.17) is 4.42 Å². The van der Waals surface area contributed by atoms with Gasteiger partial charge in [-0.05, 0) is 26.7 Å². The van der Waals surface area contributed by atoms with Crippen molar-refractivity contribution < 1.29 is 9.21 Å². The molecule has 3 rings (SSSR count). The molecule has 3 unspecified atom stereocenters. The molecule has 1 aromatic heterocycles. The number of oxazole rings is 1. The van der Waals surface area contributed by atoms with Gasteiger partial charge in [-0.25, -0.2) is 4.98 Å². The number of fused-ring (bicyclic) bond motifs is 2. The van der Waals surface area contributed by atoms with E-state index in [1.807, 2.05) is 6.92 Å². The molecule has 0 aromatic carbocycles. The van der Waals surface area contributed by atoms with E-state index in [0.717, 1.165) is 24.5 Å². The standard InChI is InChI=1S/C13H18N2O2/c1-8-7-14-13(17-8)9(2)15-10-3-4-11(15)6-12(16)5-10/h7,9-11H,3-6H2,1-2H3. The van der Waals surface area contributed by atoms with Crippen molar-refractivity contribution in [3.8, 4) is 0 Å². The zero-order chi connectivity index (χ0) is 12.0. The average molecular weight is 234 g/mol. The Labute approximate surface area is 101 Å². The number of hydrogen-bond acceptors (Lipinski definition) is 4. The average Bonchev–Trinajstić information content (AvgIpc) is 2.81. The van der Waals surface area contributed by atoms with Crippen LogP contribution in [0.1, 0.15) is 50.3 Å². The third kappa shape index (κ3) is 1.80. The molecule has 4 nitrogen and oxygen atoms in total. The Balaban J connectivity index is 1.83. The van der Waals surface area contributed by atoms with Gasteiger partial charge in [-0.1, -0.05) is 0 Å². The van der Waals surface area contributed by atoms with E-state index in [1.165, 1.54) is 0 Å². The molecule has 4 heteroatoms. The Morgan fingerprint density at radius 3 is 2.59 bits per heavy atom. The van der Waals surface area contributed by atoms with Crippen LogP contribution in [0, 0.1) is 6.92 Å². The lowest BCUT2D eigenvalue weighted by Gasteiger charge is -2.37. The molecule has 2 fully saturated rings. The SMILES string of the molecule is Cc1cnc(C(C)N2C3CCC2CC(=O)C3)o1. The number of hydrogen-bond donors (Lipinski definition) is 0. The molecular formula is C13H18N2O2. The Bertz CT molecular complexity index is 424. The van der Waals surface area contributed by atoms with Gasteiger partial charge < -0.3 is 4.42 Å². The largest absolute Gasteiger partial charge is 0.444 e. The first-order chi connectivity index (χ1) is 8.15. The minimum Gasteiger partial charge on any atom is -0.444 e. The van der Waals surface area contributed by atoms with Gasteiger partial charge in [0.2, 0.25) is 5.89 Å². The number of carbonyl (C=O) groups is 1. The summed E-state index contributed by atoms with van der Waals surface area (Å²) in [5, 5.41) is 0. The van der Waals surface area contributed by atoms with Crippen LogP contribution >= 0.6 is 0 Å². The number of aryl methyl sites for hydroxylation is 1. The van der Waals surface area contributed by atoms with Gasteiger partial charge in [0.25, 0.3) is 0 Å². The number of piperidine rings is 1. The molecule has 92 valence electrons. The summed E-state index contributed by atoms with van der Waals surface area (Å²) < 4.78 is 5.61. The molecule has 0 amide bonds. The highest BCUT2D eigenvalue weighted by Crippen LogP contribution is 2.39. The first-order valence-electron chi connectivity index (χ1n) is 6.36. The monoisotopic (exact) mass is 234 g/mol. The summed E-state index contributed by atoms with van der Waals surface area (Å²) in [7, 11) is 0. The highest BCUT2D eigenvalue weighted by molar-refractivity contribution is 5.81. The molecule has 2 aliphatic rings. The number of aromatic nitrogens is 1. The minimum atomic E-state index is 0.189. The van der Waals surface area contributed by atoms with Crippen molar-refractivity contribution in [1.29, 1.82) is 0 Å². The Morgan fingerprint density at radius 2 is 2.06 bits per heavy atom. The molecule has 0 radical (unpaired) electrons. The summed E-state index contributed by atoms with van der Waals surface area (Å²) in [6.45, 7) is 4.05. The van der Waals surface area contributed by atoms with E-state index in [-0.39, 0.29) is 6.04 Å². The molecule has 17 heavy (non-hydrogen) atoms. The van der Waals surface area contributed by atoms with Gasteiger partial charge in [0, 0.05) is 24.9 Å². The maximum Gasteiger partial charge on any atom is 0.211 e.